The summed E-state index contributed by atoms with van der Waals surface area (Å²) in [7, 11) is -3.13. The van der Waals surface area contributed by atoms with Crippen LogP contribution in [-0.4, -0.2) is 54.9 Å². The fourth-order valence-electron chi connectivity index (χ4n) is 3.66. The highest BCUT2D eigenvalue weighted by Gasteiger charge is 2.49. The molecule has 0 unspecified atom stereocenters. The highest BCUT2D eigenvalue weighted by Crippen LogP contribution is 2.40. The third kappa shape index (κ3) is 3.09. The number of aromatic nitrogens is 1. The molecule has 2 saturated carbocycles. The van der Waals surface area contributed by atoms with Crippen LogP contribution in [0.1, 0.15) is 25.7 Å². The summed E-state index contributed by atoms with van der Waals surface area (Å²) in [6, 6.07) is 5.56. The second kappa shape index (κ2) is 6.03. The normalized spacial score (nSPS) is 31.7. The van der Waals surface area contributed by atoms with Crippen LogP contribution in [0.3, 0.4) is 0 Å². The molecule has 23 heavy (non-hydrogen) atoms. The average Bonchev–Trinajstić information content (AvgIpc) is 3.34. The van der Waals surface area contributed by atoms with Crippen molar-refractivity contribution in [3.63, 3.8) is 0 Å². The Labute approximate surface area is 136 Å². The third-order valence-electron chi connectivity index (χ3n) is 4.96. The Morgan fingerprint density at radius 3 is 2.91 bits per heavy atom. The number of rotatable bonds is 5. The van der Waals surface area contributed by atoms with E-state index in [1.165, 1.54) is 0 Å². The lowest BCUT2D eigenvalue weighted by Gasteiger charge is -2.36. The van der Waals surface area contributed by atoms with Gasteiger partial charge in [0.1, 0.15) is 0 Å². The van der Waals surface area contributed by atoms with Crippen molar-refractivity contribution >= 4 is 10.0 Å². The number of sulfonamides is 1. The number of ether oxygens (including phenoxy) is 2. The number of hydrogen-bond donors (Lipinski definition) is 0. The largest absolute Gasteiger partial charge is 0.477 e. The molecule has 126 valence electrons. The Hall–Kier alpha value is -1.18. The molecular weight excluding hydrogens is 316 g/mol. The monoisotopic (exact) mass is 338 g/mol. The number of fused-ring (bicyclic) bond motifs is 1. The van der Waals surface area contributed by atoms with Gasteiger partial charge >= 0.3 is 0 Å². The van der Waals surface area contributed by atoms with Crippen molar-refractivity contribution < 1.29 is 17.9 Å². The van der Waals surface area contributed by atoms with Crippen LogP contribution in [0.4, 0.5) is 0 Å². The van der Waals surface area contributed by atoms with Crippen molar-refractivity contribution in [2.45, 2.75) is 43.1 Å². The first-order chi connectivity index (χ1) is 11.1. The zero-order chi connectivity index (χ0) is 15.9. The number of hydrogen-bond acceptors (Lipinski definition) is 5. The molecule has 3 atom stereocenters. The number of morpholine rings is 1. The second-order valence-electron chi connectivity index (χ2n) is 6.65. The molecule has 0 aromatic carbocycles. The molecule has 0 spiro atoms. The van der Waals surface area contributed by atoms with Crippen LogP contribution in [0.5, 0.6) is 5.88 Å². The summed E-state index contributed by atoms with van der Waals surface area (Å²) in [5, 5.41) is -0.148. The lowest BCUT2D eigenvalue weighted by molar-refractivity contribution is -0.0249. The second-order valence-corrected chi connectivity index (χ2v) is 8.81. The fourth-order valence-corrected chi connectivity index (χ4v) is 5.71. The molecule has 4 rings (SSSR count). The minimum Gasteiger partial charge on any atom is -0.477 e. The van der Waals surface area contributed by atoms with Gasteiger partial charge in [-0.25, -0.2) is 13.4 Å². The number of pyridine rings is 1. The molecule has 0 N–H and O–H groups in total. The zero-order valence-electron chi connectivity index (χ0n) is 13.0. The summed E-state index contributed by atoms with van der Waals surface area (Å²) in [5.74, 6) is 0.924. The van der Waals surface area contributed by atoms with E-state index < -0.39 is 10.0 Å². The maximum atomic E-state index is 12.6. The first-order valence-corrected chi connectivity index (χ1v) is 9.81. The molecule has 6 nitrogen and oxygen atoms in total. The van der Waals surface area contributed by atoms with Gasteiger partial charge in [-0.3, -0.25) is 0 Å². The molecule has 3 fully saturated rings. The summed E-state index contributed by atoms with van der Waals surface area (Å²) >= 11 is 0. The minimum absolute atomic E-state index is 0.00890. The van der Waals surface area contributed by atoms with Crippen molar-refractivity contribution in [1.82, 2.24) is 9.29 Å². The van der Waals surface area contributed by atoms with Gasteiger partial charge in [-0.2, -0.15) is 4.31 Å². The van der Waals surface area contributed by atoms with Gasteiger partial charge in [-0.15, -0.1) is 0 Å². The van der Waals surface area contributed by atoms with Crippen molar-refractivity contribution in [2.24, 2.45) is 5.92 Å². The maximum Gasteiger partial charge on any atom is 0.217 e. The van der Waals surface area contributed by atoms with Gasteiger partial charge in [0.15, 0.2) is 0 Å². The summed E-state index contributed by atoms with van der Waals surface area (Å²) in [5.41, 5.74) is 0. The van der Waals surface area contributed by atoms with E-state index in [1.807, 2.05) is 18.2 Å². The first kappa shape index (κ1) is 15.4. The van der Waals surface area contributed by atoms with Gasteiger partial charge in [0.05, 0.1) is 30.6 Å². The van der Waals surface area contributed by atoms with Crippen LogP contribution in [0.2, 0.25) is 0 Å². The molecule has 7 heteroatoms. The molecule has 2 aliphatic carbocycles. The lowest BCUT2D eigenvalue weighted by atomic mass is 10.1. The SMILES string of the molecule is O=S(=O)(C1CC1)N1CCO[C@@H]2C[C@@H](COc3ccccn3)C[C@@H]21. The van der Waals surface area contributed by atoms with E-state index in [4.69, 9.17) is 9.47 Å². The quantitative estimate of drug-likeness (QED) is 0.812. The van der Waals surface area contributed by atoms with Gasteiger partial charge in [0, 0.05) is 18.8 Å². The highest BCUT2D eigenvalue weighted by atomic mass is 32.2. The van der Waals surface area contributed by atoms with Gasteiger partial charge in [0.2, 0.25) is 15.9 Å². The standard InChI is InChI=1S/C16H22N2O4S/c19-23(20,13-4-5-13)18-7-8-21-15-10-12(9-14(15)18)11-22-16-3-1-2-6-17-16/h1-3,6,12-15H,4-5,7-11H2/t12-,14-,15+/m0/s1. The van der Waals surface area contributed by atoms with Crippen LogP contribution < -0.4 is 4.74 Å². The summed E-state index contributed by atoms with van der Waals surface area (Å²) in [6.07, 6.45) is 5.00. The van der Waals surface area contributed by atoms with E-state index in [9.17, 15) is 8.42 Å². The van der Waals surface area contributed by atoms with E-state index in [0.29, 0.717) is 31.6 Å². The minimum atomic E-state index is -3.13. The van der Waals surface area contributed by atoms with Gasteiger partial charge in [0.25, 0.3) is 0 Å². The molecule has 1 aromatic rings. The van der Waals surface area contributed by atoms with Crippen LogP contribution in [0, 0.1) is 5.92 Å². The van der Waals surface area contributed by atoms with Crippen molar-refractivity contribution in [3.8, 4) is 5.88 Å². The molecule has 2 heterocycles. The van der Waals surface area contributed by atoms with Crippen molar-refractivity contribution in [3.05, 3.63) is 24.4 Å². The number of nitrogens with zero attached hydrogens (tertiary/aromatic N) is 2. The molecule has 1 aliphatic heterocycles. The van der Waals surface area contributed by atoms with Crippen molar-refractivity contribution in [2.75, 3.05) is 19.8 Å². The highest BCUT2D eigenvalue weighted by molar-refractivity contribution is 7.90. The van der Waals surface area contributed by atoms with Crippen LogP contribution in [-0.2, 0) is 14.8 Å². The Bertz CT molecular complexity index is 647. The van der Waals surface area contributed by atoms with Crippen molar-refractivity contribution in [1.29, 1.82) is 0 Å². The van der Waals surface area contributed by atoms with Gasteiger partial charge in [-0.1, -0.05) is 6.07 Å². The zero-order valence-corrected chi connectivity index (χ0v) is 13.8. The molecule has 0 radical (unpaired) electrons. The van der Waals surface area contributed by atoms with E-state index in [2.05, 4.69) is 4.98 Å². The Kier molecular flexibility index (Phi) is 4.03. The maximum absolute atomic E-state index is 12.6. The lowest BCUT2D eigenvalue weighted by Crippen LogP contribution is -2.52. The van der Waals surface area contributed by atoms with Crippen LogP contribution >= 0.6 is 0 Å². The van der Waals surface area contributed by atoms with E-state index >= 15 is 0 Å². The van der Waals surface area contributed by atoms with Crippen LogP contribution in [0.15, 0.2) is 24.4 Å². The van der Waals surface area contributed by atoms with E-state index in [1.54, 1.807) is 10.5 Å². The van der Waals surface area contributed by atoms with Gasteiger partial charge in [-0.05, 0) is 37.7 Å². The summed E-state index contributed by atoms with van der Waals surface area (Å²) in [4.78, 5) is 4.16. The topological polar surface area (TPSA) is 68.7 Å². The molecule has 0 amide bonds. The molecule has 0 bridgehead atoms. The molecule has 3 aliphatic rings. The predicted molar refractivity (Wildman–Crippen MR) is 84.6 cm³/mol. The smallest absolute Gasteiger partial charge is 0.217 e. The molecular formula is C16H22N2O4S. The van der Waals surface area contributed by atoms with E-state index in [0.717, 1.165) is 25.7 Å². The summed E-state index contributed by atoms with van der Waals surface area (Å²) < 4.78 is 38.5. The fraction of sp³-hybridized carbons (Fsp3) is 0.688. The average molecular weight is 338 g/mol. The Balaban J connectivity index is 1.41. The summed E-state index contributed by atoms with van der Waals surface area (Å²) in [6.45, 7) is 1.56. The van der Waals surface area contributed by atoms with E-state index in [-0.39, 0.29) is 17.4 Å². The first-order valence-electron chi connectivity index (χ1n) is 8.30. The van der Waals surface area contributed by atoms with Crippen LogP contribution in [0.25, 0.3) is 0 Å². The molecule has 1 aromatic heterocycles. The Morgan fingerprint density at radius 2 is 2.17 bits per heavy atom. The third-order valence-corrected chi connectivity index (χ3v) is 7.38. The Morgan fingerprint density at radius 1 is 1.30 bits per heavy atom. The predicted octanol–water partition coefficient (Wildman–Crippen LogP) is 1.43. The molecule has 1 saturated heterocycles. The van der Waals surface area contributed by atoms with Gasteiger partial charge < -0.3 is 9.47 Å².